The van der Waals surface area contributed by atoms with Gasteiger partial charge in [0.15, 0.2) is 5.75 Å². The van der Waals surface area contributed by atoms with Crippen LogP contribution in [0.1, 0.15) is 5.56 Å². The van der Waals surface area contributed by atoms with Crippen molar-refractivity contribution in [3.05, 3.63) is 27.6 Å². The van der Waals surface area contributed by atoms with Gasteiger partial charge in [0, 0.05) is 0 Å². The molecule has 0 bridgehead atoms. The second-order valence-corrected chi connectivity index (χ2v) is 7.87. The summed E-state index contributed by atoms with van der Waals surface area (Å²) < 4.78 is 32.8. The van der Waals surface area contributed by atoms with E-state index in [0.717, 1.165) is 18.0 Å². The minimum absolute atomic E-state index is 0.0441. The Morgan fingerprint density at radius 2 is 2.09 bits per heavy atom. The van der Waals surface area contributed by atoms with Crippen molar-refractivity contribution in [3.8, 4) is 11.5 Å². The number of ether oxygens (including phenoxy) is 1. The second kappa shape index (κ2) is 6.45. The van der Waals surface area contributed by atoms with E-state index in [4.69, 9.17) is 32.7 Å². The molecule has 0 spiro atoms. The summed E-state index contributed by atoms with van der Waals surface area (Å²) in [5, 5.41) is 2.54. The maximum Gasteiger partial charge on any atom is 0.306 e. The van der Waals surface area contributed by atoms with Gasteiger partial charge in [-0.3, -0.25) is 4.79 Å². The molecule has 1 amide bonds. The van der Waals surface area contributed by atoms with Gasteiger partial charge in [0.2, 0.25) is 5.75 Å². The molecule has 1 aliphatic heterocycles. The molecule has 0 radical (unpaired) electrons. The number of carbonyl (C=O) groups excluding carboxylic acids is 1. The molecule has 22 heavy (non-hydrogen) atoms. The summed E-state index contributed by atoms with van der Waals surface area (Å²) in [5.41, 5.74) is 0.546. The molecule has 0 unspecified atom stereocenters. The van der Waals surface area contributed by atoms with E-state index in [1.165, 1.54) is 19.2 Å². The molecule has 6 nitrogen and oxygen atoms in total. The van der Waals surface area contributed by atoms with Crippen molar-refractivity contribution in [1.29, 1.82) is 0 Å². The van der Waals surface area contributed by atoms with Crippen LogP contribution in [-0.4, -0.2) is 32.0 Å². The van der Waals surface area contributed by atoms with E-state index in [2.05, 4.69) is 5.32 Å². The Balaban J connectivity index is 2.44. The summed E-state index contributed by atoms with van der Waals surface area (Å²) in [6.07, 6.45) is 2.47. The Bertz CT molecular complexity index is 788. The zero-order valence-electron chi connectivity index (χ0n) is 11.4. The first kappa shape index (κ1) is 17.1. The van der Waals surface area contributed by atoms with Crippen LogP contribution in [0.15, 0.2) is 17.0 Å². The minimum Gasteiger partial charge on any atom is -0.493 e. The lowest BCUT2D eigenvalue weighted by atomic mass is 10.2. The Morgan fingerprint density at radius 1 is 1.41 bits per heavy atom. The molecule has 10 heteroatoms. The van der Waals surface area contributed by atoms with Crippen molar-refractivity contribution in [2.45, 2.75) is 0 Å². The predicted molar refractivity (Wildman–Crippen MR) is 89.8 cm³/mol. The fraction of sp³-hybridized carbons (Fsp3) is 0.167. The lowest BCUT2D eigenvalue weighted by Crippen LogP contribution is -2.17. The molecule has 0 saturated carbocycles. The van der Waals surface area contributed by atoms with Gasteiger partial charge in [-0.15, -0.1) is 0 Å². The standard InChI is InChI=1S/C12H10ClNO5S3/c1-18-8-4-6(5-9-11(15)14-12(20)21-9)3-7(13)10(8)19-22(2,16)17/h3-5H,1-2H3,(H,14,15,20). The van der Waals surface area contributed by atoms with Crippen LogP contribution in [0.25, 0.3) is 6.08 Å². The van der Waals surface area contributed by atoms with Crippen LogP contribution < -0.4 is 14.2 Å². The van der Waals surface area contributed by atoms with Gasteiger partial charge in [-0.2, -0.15) is 8.42 Å². The van der Waals surface area contributed by atoms with E-state index in [1.54, 1.807) is 6.08 Å². The fourth-order valence-electron chi connectivity index (χ4n) is 1.63. The summed E-state index contributed by atoms with van der Waals surface area (Å²) in [5.74, 6) is -0.273. The molecular weight excluding hydrogens is 370 g/mol. The molecule has 1 aromatic carbocycles. The lowest BCUT2D eigenvalue weighted by molar-refractivity contribution is -0.115. The van der Waals surface area contributed by atoms with E-state index >= 15 is 0 Å². The number of hydrogen-bond acceptors (Lipinski definition) is 7. The second-order valence-electron chi connectivity index (χ2n) is 4.17. The number of halogens is 1. The highest BCUT2D eigenvalue weighted by atomic mass is 35.5. The zero-order chi connectivity index (χ0) is 16.5. The first-order valence-electron chi connectivity index (χ1n) is 5.71. The predicted octanol–water partition coefficient (Wildman–Crippen LogP) is 2.18. The smallest absolute Gasteiger partial charge is 0.306 e. The maximum atomic E-state index is 11.6. The molecule has 0 atom stereocenters. The highest BCUT2D eigenvalue weighted by Gasteiger charge is 2.23. The third-order valence-electron chi connectivity index (χ3n) is 2.43. The quantitative estimate of drug-likeness (QED) is 0.487. The third-order valence-corrected chi connectivity index (χ3v) is 4.34. The minimum atomic E-state index is -3.75. The number of rotatable bonds is 4. The lowest BCUT2D eigenvalue weighted by Gasteiger charge is -2.11. The molecule has 1 aromatic rings. The average molecular weight is 380 g/mol. The first-order valence-corrected chi connectivity index (χ1v) is 9.13. The highest BCUT2D eigenvalue weighted by molar-refractivity contribution is 8.26. The molecule has 1 fully saturated rings. The van der Waals surface area contributed by atoms with E-state index in [1.807, 2.05) is 0 Å². The third kappa shape index (κ3) is 4.13. The van der Waals surface area contributed by atoms with Gasteiger partial charge in [0.1, 0.15) is 4.32 Å². The molecule has 0 aliphatic carbocycles. The Labute approximate surface area is 141 Å². The highest BCUT2D eigenvalue weighted by Crippen LogP contribution is 2.38. The number of carbonyl (C=O) groups is 1. The number of thioether (sulfide) groups is 1. The summed E-state index contributed by atoms with van der Waals surface area (Å²) in [6, 6.07) is 2.97. The monoisotopic (exact) mass is 379 g/mol. The SMILES string of the molecule is COc1cc(C=C2SC(=S)NC2=O)cc(Cl)c1OS(C)(=O)=O. The van der Waals surface area contributed by atoms with E-state index in [0.29, 0.717) is 14.8 Å². The van der Waals surface area contributed by atoms with Crippen molar-refractivity contribution in [1.82, 2.24) is 5.32 Å². The number of thiocarbonyl (C=S) groups is 1. The maximum absolute atomic E-state index is 11.6. The van der Waals surface area contributed by atoms with E-state index in [9.17, 15) is 13.2 Å². The zero-order valence-corrected chi connectivity index (χ0v) is 14.6. The van der Waals surface area contributed by atoms with Gasteiger partial charge in [-0.1, -0.05) is 35.6 Å². The van der Waals surface area contributed by atoms with Gasteiger partial charge >= 0.3 is 10.1 Å². The van der Waals surface area contributed by atoms with E-state index < -0.39 is 10.1 Å². The van der Waals surface area contributed by atoms with Crippen LogP contribution in [0, 0.1) is 0 Å². The Hall–Kier alpha value is -1.29. The largest absolute Gasteiger partial charge is 0.493 e. The molecule has 1 N–H and O–H groups in total. The van der Waals surface area contributed by atoms with E-state index in [-0.39, 0.29) is 22.4 Å². The van der Waals surface area contributed by atoms with Gasteiger partial charge in [-0.05, 0) is 23.8 Å². The van der Waals surface area contributed by atoms with Crippen molar-refractivity contribution in [2.75, 3.05) is 13.4 Å². The van der Waals surface area contributed by atoms with Crippen LogP contribution in [0.2, 0.25) is 5.02 Å². The number of methoxy groups -OCH3 is 1. The van der Waals surface area contributed by atoms with Crippen LogP contribution in [0.5, 0.6) is 11.5 Å². The number of amides is 1. The summed E-state index contributed by atoms with van der Waals surface area (Å²) in [4.78, 5) is 12.0. The van der Waals surface area contributed by atoms with Gasteiger partial charge in [0.05, 0.1) is 23.3 Å². The summed E-state index contributed by atoms with van der Waals surface area (Å²) in [7, 11) is -2.40. The van der Waals surface area contributed by atoms with Gasteiger partial charge in [0.25, 0.3) is 5.91 Å². The Morgan fingerprint density at radius 3 is 2.59 bits per heavy atom. The molecule has 118 valence electrons. The van der Waals surface area contributed by atoms with Crippen LogP contribution in [0.4, 0.5) is 0 Å². The van der Waals surface area contributed by atoms with Crippen molar-refractivity contribution < 1.29 is 22.1 Å². The summed E-state index contributed by atoms with van der Waals surface area (Å²) in [6.45, 7) is 0. The fourth-order valence-corrected chi connectivity index (χ4v) is 3.45. The molecule has 1 heterocycles. The molecule has 0 aromatic heterocycles. The van der Waals surface area contributed by atoms with Crippen molar-refractivity contribution in [3.63, 3.8) is 0 Å². The van der Waals surface area contributed by atoms with Crippen LogP contribution in [0.3, 0.4) is 0 Å². The van der Waals surface area contributed by atoms with Crippen LogP contribution in [-0.2, 0) is 14.9 Å². The van der Waals surface area contributed by atoms with Crippen molar-refractivity contribution >= 4 is 62.0 Å². The molecule has 2 rings (SSSR count). The number of benzene rings is 1. The van der Waals surface area contributed by atoms with Crippen LogP contribution >= 0.6 is 35.6 Å². The summed E-state index contributed by atoms with van der Waals surface area (Å²) >= 11 is 12.1. The van der Waals surface area contributed by atoms with Gasteiger partial charge < -0.3 is 14.2 Å². The Kier molecular flexibility index (Phi) is 5.00. The van der Waals surface area contributed by atoms with Crippen molar-refractivity contribution in [2.24, 2.45) is 0 Å². The topological polar surface area (TPSA) is 81.7 Å². The molecule has 1 aliphatic rings. The first-order chi connectivity index (χ1) is 10.2. The molecular formula is C12H10ClNO5S3. The molecule has 1 saturated heterocycles. The normalized spacial score (nSPS) is 16.8. The number of nitrogens with one attached hydrogen (secondary N) is 1. The number of hydrogen-bond donors (Lipinski definition) is 1. The average Bonchev–Trinajstić information content (AvgIpc) is 2.69. The van der Waals surface area contributed by atoms with Gasteiger partial charge in [-0.25, -0.2) is 0 Å².